The molecule has 474 valence electrons. The van der Waals surface area contributed by atoms with Crippen molar-refractivity contribution in [2.45, 2.75) is 161 Å². The van der Waals surface area contributed by atoms with E-state index in [-0.39, 0.29) is 108 Å². The molecule has 8 rings (SSSR count). The van der Waals surface area contributed by atoms with E-state index >= 15 is 0 Å². The predicted molar refractivity (Wildman–Crippen MR) is 345 cm³/mol. The fourth-order valence-corrected chi connectivity index (χ4v) is 13.7. The zero-order valence-electron chi connectivity index (χ0n) is 53.3. The van der Waals surface area contributed by atoms with Crippen molar-refractivity contribution in [3.63, 3.8) is 0 Å². The average molecular weight is 1200 g/mol. The van der Waals surface area contributed by atoms with Crippen LogP contribution in [0.4, 0.5) is 0 Å². The van der Waals surface area contributed by atoms with Crippen molar-refractivity contribution in [3.05, 3.63) is 131 Å². The molecule has 0 bridgehead atoms. The molecule has 2 aliphatic carbocycles. The molecule has 2 heterocycles. The van der Waals surface area contributed by atoms with Gasteiger partial charge in [-0.25, -0.2) is 0 Å². The summed E-state index contributed by atoms with van der Waals surface area (Å²) in [7, 11) is 5.03. The third-order valence-corrected chi connectivity index (χ3v) is 19.6. The number of carbonyl (C=O) groups is 8. The van der Waals surface area contributed by atoms with Crippen LogP contribution in [0.3, 0.4) is 0 Å². The Morgan fingerprint density at radius 3 is 1.40 bits per heavy atom. The van der Waals surface area contributed by atoms with Crippen LogP contribution in [0.5, 0.6) is 0 Å². The van der Waals surface area contributed by atoms with Gasteiger partial charge in [-0.3, -0.25) is 38.4 Å². The first kappa shape index (κ1) is 66.7. The second-order valence-corrected chi connectivity index (χ2v) is 25.7. The molecule has 0 unspecified atom stereocenters. The van der Waals surface area contributed by atoms with Gasteiger partial charge in [0.15, 0.2) is 0 Å². The molecule has 0 aromatic heterocycles. The molecule has 2 N–H and O–H groups in total. The highest BCUT2D eigenvalue weighted by molar-refractivity contribution is 5.98. The van der Waals surface area contributed by atoms with Crippen LogP contribution >= 0.6 is 0 Å². The summed E-state index contributed by atoms with van der Waals surface area (Å²) in [5, 5.41) is 6.24. The molecule has 2 aliphatic heterocycles. The van der Waals surface area contributed by atoms with Crippen molar-refractivity contribution < 1.29 is 38.4 Å². The van der Waals surface area contributed by atoms with Gasteiger partial charge in [0.1, 0.15) is 11.8 Å². The van der Waals surface area contributed by atoms with Crippen molar-refractivity contribution in [1.29, 1.82) is 0 Å². The van der Waals surface area contributed by atoms with E-state index in [4.69, 9.17) is 0 Å². The number of nitrogens with one attached hydrogen (secondary N) is 2. The Balaban J connectivity index is 0.888. The Kier molecular flexibility index (Phi) is 24.9. The van der Waals surface area contributed by atoms with Gasteiger partial charge in [0.05, 0.1) is 19.1 Å². The summed E-state index contributed by atoms with van der Waals surface area (Å²) >= 11 is 0. The number of Topliss-reactive ketones (excluding diaryl/α,β-unsaturated/α-hetero) is 1. The van der Waals surface area contributed by atoms with Crippen LogP contribution in [0.2, 0.25) is 0 Å². The largest absolute Gasteiger partial charge is 0.344 e. The van der Waals surface area contributed by atoms with Crippen LogP contribution in [0.1, 0.15) is 155 Å². The fourth-order valence-electron chi connectivity index (χ4n) is 13.7. The van der Waals surface area contributed by atoms with E-state index in [9.17, 15) is 38.4 Å². The Morgan fingerprint density at radius 2 is 0.966 bits per heavy atom. The maximum absolute atomic E-state index is 14.6. The number of likely N-dealkylation sites (tertiary alicyclic amines) is 2. The van der Waals surface area contributed by atoms with Gasteiger partial charge in [-0.15, -0.1) is 0 Å². The molecule has 16 nitrogen and oxygen atoms in total. The number of hydrogen-bond acceptors (Lipinski definition) is 9. The first-order valence-electron chi connectivity index (χ1n) is 33.0. The van der Waals surface area contributed by atoms with E-state index in [0.29, 0.717) is 69.7 Å². The summed E-state index contributed by atoms with van der Waals surface area (Å²) in [5.74, 6) is -1.47. The SMILES string of the molecule is CC[C@@H](C)C(=O)N[C@H](C(=O)N1CCC[C@H]1CN(CCc1ccccc1)C(=O)CN(C)C(=O)c1ccc(-c2ccc(C(=O)N(C)CC(=O)N(CCc3ccccc3)C[C@@H]3CCCN3C(=O)[C@@H](CC(=O)[C@H](C)NC)C3CCCCC3)cc2)cc1)C1CCCCC1. The summed E-state index contributed by atoms with van der Waals surface area (Å²) < 4.78 is 0. The molecular weight excluding hydrogens is 1100 g/mol. The molecule has 4 aromatic rings. The molecule has 2 saturated heterocycles. The molecule has 0 radical (unpaired) electrons. The van der Waals surface area contributed by atoms with Crippen molar-refractivity contribution in [2.75, 3.05) is 73.5 Å². The zero-order chi connectivity index (χ0) is 62.7. The van der Waals surface area contributed by atoms with Gasteiger partial charge in [0.25, 0.3) is 11.8 Å². The number of carbonyl (C=O) groups excluding carboxylic acids is 8. The molecule has 2 saturated carbocycles. The number of likely N-dealkylation sites (N-methyl/N-ethyl adjacent to an activating group) is 3. The molecule has 4 fully saturated rings. The quantitative estimate of drug-likeness (QED) is 0.0560. The van der Waals surface area contributed by atoms with E-state index in [1.807, 2.05) is 120 Å². The van der Waals surface area contributed by atoms with Gasteiger partial charge in [-0.1, -0.05) is 137 Å². The molecule has 16 heteroatoms. The number of rotatable bonds is 28. The van der Waals surface area contributed by atoms with Crippen LogP contribution in [-0.2, 0) is 41.6 Å². The van der Waals surface area contributed by atoms with Crippen LogP contribution in [0, 0.1) is 23.7 Å². The third kappa shape index (κ3) is 18.0. The average Bonchev–Trinajstić information content (AvgIpc) is 3.30. The fraction of sp³-hybridized carbons (Fsp3) is 0.556. The molecule has 4 aromatic carbocycles. The van der Waals surface area contributed by atoms with Gasteiger partial charge >= 0.3 is 0 Å². The lowest BCUT2D eigenvalue weighted by molar-refractivity contribution is -0.143. The first-order chi connectivity index (χ1) is 42.5. The van der Waals surface area contributed by atoms with E-state index in [1.54, 1.807) is 50.3 Å². The molecule has 6 atom stereocenters. The lowest BCUT2D eigenvalue weighted by atomic mass is 9.76. The minimum atomic E-state index is -0.594. The van der Waals surface area contributed by atoms with Crippen LogP contribution < -0.4 is 10.6 Å². The molecule has 88 heavy (non-hydrogen) atoms. The van der Waals surface area contributed by atoms with Gasteiger partial charge in [-0.05, 0) is 143 Å². The number of nitrogens with zero attached hydrogens (tertiary/aromatic N) is 6. The highest BCUT2D eigenvalue weighted by atomic mass is 16.2. The van der Waals surface area contributed by atoms with E-state index in [1.165, 1.54) is 9.80 Å². The molecule has 7 amide bonds. The van der Waals surface area contributed by atoms with Gasteiger partial charge in [0.2, 0.25) is 29.5 Å². The molecule has 4 aliphatic rings. The third-order valence-electron chi connectivity index (χ3n) is 19.6. The van der Waals surface area contributed by atoms with Crippen LogP contribution in [0.15, 0.2) is 109 Å². The highest BCUT2D eigenvalue weighted by Crippen LogP contribution is 2.36. The standard InChI is InChI=1S/C72H98N8O8/c1-7-51(2)68(84)74-67(58-28-18-11-19-29-58)72(88)80-43-21-31-62(80)48-78(45-41-54-24-14-9-15-25-54)66(83)50-76(6)70(86)60-38-34-56(35-39-60)55-32-36-59(37-33-55)69(85)75(5)49-65(82)77(44-40-53-22-12-8-13-23-53)47-61-30-20-42-79(61)71(87)63(46-64(81)52(3)73-4)57-26-16-10-17-27-57/h8-9,12-15,22-25,32-39,51-52,57-58,61-63,67,73H,7,10-11,16-21,26-31,40-50H2,1-6H3,(H,74,84)/t51-,52+,61+,62+,63+,67+/m1/s1. The summed E-state index contributed by atoms with van der Waals surface area (Å²) in [5.41, 5.74) is 4.63. The second kappa shape index (κ2) is 32.9. The van der Waals surface area contributed by atoms with Crippen LogP contribution in [0.25, 0.3) is 11.1 Å². The number of benzene rings is 4. The van der Waals surface area contributed by atoms with Gasteiger partial charge in [-0.2, -0.15) is 0 Å². The summed E-state index contributed by atoms with van der Waals surface area (Å²) in [6.07, 6.45) is 15.4. The van der Waals surface area contributed by atoms with Crippen molar-refractivity contribution >= 4 is 47.1 Å². The van der Waals surface area contributed by atoms with E-state index in [2.05, 4.69) is 10.6 Å². The summed E-state index contributed by atoms with van der Waals surface area (Å²) in [4.78, 5) is 123. The normalized spacial score (nSPS) is 18.6. The maximum atomic E-state index is 14.6. The van der Waals surface area contributed by atoms with Crippen LogP contribution in [-0.4, -0.2) is 174 Å². The van der Waals surface area contributed by atoms with Gasteiger partial charge < -0.3 is 40.0 Å². The van der Waals surface area contributed by atoms with Crippen molar-refractivity contribution in [1.82, 2.24) is 40.0 Å². The Morgan fingerprint density at radius 1 is 0.534 bits per heavy atom. The summed E-state index contributed by atoms with van der Waals surface area (Å²) in [6.45, 7) is 8.07. The summed E-state index contributed by atoms with van der Waals surface area (Å²) in [6, 6.07) is 32.9. The smallest absolute Gasteiger partial charge is 0.254 e. The lowest BCUT2D eigenvalue weighted by Gasteiger charge is -2.37. The molecular formula is C72H98N8O8. The lowest BCUT2D eigenvalue weighted by Crippen LogP contribution is -2.56. The van der Waals surface area contributed by atoms with E-state index in [0.717, 1.165) is 112 Å². The Hall–Kier alpha value is -7.20. The van der Waals surface area contributed by atoms with Gasteiger partial charge in [0, 0.05) is 94.8 Å². The van der Waals surface area contributed by atoms with Crippen molar-refractivity contribution in [2.24, 2.45) is 23.7 Å². The topological polar surface area (TPSA) is 180 Å². The minimum Gasteiger partial charge on any atom is -0.344 e. The Labute approximate surface area is 523 Å². The number of amides is 7. The number of ketones is 1. The Bertz CT molecular complexity index is 2750. The first-order valence-corrected chi connectivity index (χ1v) is 33.0. The maximum Gasteiger partial charge on any atom is 0.254 e. The second-order valence-electron chi connectivity index (χ2n) is 25.7. The highest BCUT2D eigenvalue weighted by Gasteiger charge is 2.42. The number of hydrogen-bond donors (Lipinski definition) is 2. The zero-order valence-corrected chi connectivity index (χ0v) is 53.3. The van der Waals surface area contributed by atoms with Crippen molar-refractivity contribution in [3.8, 4) is 11.1 Å². The van der Waals surface area contributed by atoms with E-state index < -0.39 is 6.04 Å². The monoisotopic (exact) mass is 1200 g/mol. The predicted octanol–water partition coefficient (Wildman–Crippen LogP) is 9.50. The minimum absolute atomic E-state index is 0.0275. The molecule has 0 spiro atoms.